The Bertz CT molecular complexity index is 1010. The topological polar surface area (TPSA) is 79.2 Å². The van der Waals surface area contributed by atoms with Crippen molar-refractivity contribution in [2.24, 2.45) is 0 Å². The smallest absolute Gasteiger partial charge is 0.259 e. The van der Waals surface area contributed by atoms with E-state index in [4.69, 9.17) is 0 Å². The van der Waals surface area contributed by atoms with E-state index in [9.17, 15) is 4.79 Å². The van der Waals surface area contributed by atoms with Gasteiger partial charge in [-0.1, -0.05) is 18.2 Å². The number of nitrogens with one attached hydrogen (secondary N) is 1. The molecule has 1 aliphatic heterocycles. The lowest BCUT2D eigenvalue weighted by atomic mass is 10.2. The fraction of sp³-hybridized carbons (Fsp3) is 0.333. The van der Waals surface area contributed by atoms with Crippen LogP contribution in [0.4, 0.5) is 17.5 Å². The van der Waals surface area contributed by atoms with Crippen LogP contribution in [0.15, 0.2) is 42.7 Å². The molecule has 0 spiro atoms. The van der Waals surface area contributed by atoms with Crippen LogP contribution in [0.2, 0.25) is 0 Å². The molecule has 0 bridgehead atoms. The molecule has 0 atom stereocenters. The van der Waals surface area contributed by atoms with Crippen LogP contribution in [0.3, 0.4) is 0 Å². The first-order valence-electron chi connectivity index (χ1n) is 9.75. The van der Waals surface area contributed by atoms with E-state index in [1.165, 1.54) is 0 Å². The van der Waals surface area contributed by atoms with Crippen LogP contribution in [0.1, 0.15) is 28.9 Å². The van der Waals surface area contributed by atoms with Crippen LogP contribution >= 0.6 is 0 Å². The van der Waals surface area contributed by atoms with E-state index in [1.54, 1.807) is 17.1 Å². The molecule has 0 unspecified atom stereocenters. The number of aromatic nitrogens is 4. The molecule has 1 saturated heterocycles. The summed E-state index contributed by atoms with van der Waals surface area (Å²) in [5.41, 5.74) is 2.78. The van der Waals surface area contributed by atoms with Gasteiger partial charge in [0.05, 0.1) is 29.3 Å². The predicted molar refractivity (Wildman–Crippen MR) is 114 cm³/mol. The van der Waals surface area contributed by atoms with Crippen LogP contribution < -0.4 is 15.1 Å². The standard InChI is InChI=1S/C21H25N7O/c1-15-17(13-23-28(15)16-9-5-4-6-10-16)20(29)24-18-14-22-21(25-19(18)26(2)3)27-11-7-8-12-27/h4-6,9-10,13-14H,7-8,11-12H2,1-3H3,(H,24,29). The Morgan fingerprint density at radius 2 is 1.83 bits per heavy atom. The lowest BCUT2D eigenvalue weighted by molar-refractivity contribution is 0.102. The Morgan fingerprint density at radius 1 is 1.10 bits per heavy atom. The van der Waals surface area contributed by atoms with Gasteiger partial charge in [-0.2, -0.15) is 10.1 Å². The van der Waals surface area contributed by atoms with Gasteiger partial charge in [-0.05, 0) is 31.9 Å². The summed E-state index contributed by atoms with van der Waals surface area (Å²) in [5.74, 6) is 1.16. The van der Waals surface area contributed by atoms with Crippen LogP contribution in [-0.2, 0) is 0 Å². The number of benzene rings is 1. The maximum Gasteiger partial charge on any atom is 0.259 e. The van der Waals surface area contributed by atoms with Gasteiger partial charge in [0.2, 0.25) is 5.95 Å². The summed E-state index contributed by atoms with van der Waals surface area (Å²) in [5, 5.41) is 7.33. The van der Waals surface area contributed by atoms with Gasteiger partial charge in [-0.25, -0.2) is 9.67 Å². The number of para-hydroxylation sites is 1. The normalized spacial score (nSPS) is 13.6. The maximum absolute atomic E-state index is 12.9. The maximum atomic E-state index is 12.9. The number of amides is 1. The summed E-state index contributed by atoms with van der Waals surface area (Å²) in [6.45, 7) is 3.82. The van der Waals surface area contributed by atoms with Crippen molar-refractivity contribution in [3.05, 3.63) is 54.0 Å². The fourth-order valence-corrected chi connectivity index (χ4v) is 3.51. The molecule has 4 rings (SSSR count). The van der Waals surface area contributed by atoms with E-state index >= 15 is 0 Å². The van der Waals surface area contributed by atoms with E-state index in [2.05, 4.69) is 25.3 Å². The molecule has 8 nitrogen and oxygen atoms in total. The minimum absolute atomic E-state index is 0.231. The molecular weight excluding hydrogens is 366 g/mol. The third-order valence-electron chi connectivity index (χ3n) is 5.07. The average Bonchev–Trinajstić information content (AvgIpc) is 3.39. The van der Waals surface area contributed by atoms with Crippen molar-refractivity contribution in [1.29, 1.82) is 0 Å². The molecule has 0 radical (unpaired) electrons. The van der Waals surface area contributed by atoms with Crippen molar-refractivity contribution in [3.63, 3.8) is 0 Å². The van der Waals surface area contributed by atoms with Gasteiger partial charge in [0.1, 0.15) is 5.69 Å². The number of anilines is 3. The van der Waals surface area contributed by atoms with Crippen molar-refractivity contribution in [2.45, 2.75) is 19.8 Å². The van der Waals surface area contributed by atoms with Gasteiger partial charge in [0.15, 0.2) is 5.82 Å². The zero-order valence-electron chi connectivity index (χ0n) is 17.0. The number of nitrogens with zero attached hydrogens (tertiary/aromatic N) is 6. The molecule has 1 fully saturated rings. The molecule has 1 N–H and O–H groups in total. The Hall–Kier alpha value is -3.42. The molecule has 0 aliphatic carbocycles. The van der Waals surface area contributed by atoms with Crippen molar-refractivity contribution in [1.82, 2.24) is 19.7 Å². The Balaban J connectivity index is 1.59. The third kappa shape index (κ3) is 3.78. The van der Waals surface area contributed by atoms with Crippen LogP contribution in [0, 0.1) is 6.92 Å². The second-order valence-electron chi connectivity index (χ2n) is 7.34. The van der Waals surface area contributed by atoms with Crippen LogP contribution in [-0.4, -0.2) is 52.8 Å². The van der Waals surface area contributed by atoms with Crippen molar-refractivity contribution in [2.75, 3.05) is 42.3 Å². The lowest BCUT2D eigenvalue weighted by Crippen LogP contribution is -2.24. The number of rotatable bonds is 5. The van der Waals surface area contributed by atoms with E-state index in [-0.39, 0.29) is 5.91 Å². The van der Waals surface area contributed by atoms with Crippen molar-refractivity contribution < 1.29 is 4.79 Å². The Labute approximate surface area is 170 Å². The monoisotopic (exact) mass is 391 g/mol. The highest BCUT2D eigenvalue weighted by molar-refractivity contribution is 6.06. The summed E-state index contributed by atoms with van der Waals surface area (Å²) < 4.78 is 1.76. The molecule has 8 heteroatoms. The number of carbonyl (C=O) groups excluding carboxylic acids is 1. The highest BCUT2D eigenvalue weighted by Gasteiger charge is 2.20. The molecule has 3 aromatic rings. The molecule has 3 heterocycles. The molecule has 0 saturated carbocycles. The number of hydrogen-bond acceptors (Lipinski definition) is 6. The molecule has 1 aliphatic rings. The summed E-state index contributed by atoms with van der Waals surface area (Å²) in [6.07, 6.45) is 5.59. The van der Waals surface area contributed by atoms with E-state index in [1.807, 2.05) is 56.3 Å². The van der Waals surface area contributed by atoms with Crippen LogP contribution in [0.5, 0.6) is 0 Å². The third-order valence-corrected chi connectivity index (χ3v) is 5.07. The first-order valence-corrected chi connectivity index (χ1v) is 9.75. The van der Waals surface area contributed by atoms with E-state index in [0.717, 1.165) is 37.3 Å². The molecule has 150 valence electrons. The largest absolute Gasteiger partial charge is 0.361 e. The Kier molecular flexibility index (Phi) is 5.16. The summed E-state index contributed by atoms with van der Waals surface area (Å²) in [7, 11) is 3.81. The molecular formula is C21H25N7O. The molecule has 1 aromatic carbocycles. The first-order chi connectivity index (χ1) is 14.0. The van der Waals surface area contributed by atoms with Crippen molar-refractivity contribution in [3.8, 4) is 5.69 Å². The minimum atomic E-state index is -0.231. The molecule has 29 heavy (non-hydrogen) atoms. The quantitative estimate of drug-likeness (QED) is 0.720. The second kappa shape index (κ2) is 7.90. The number of hydrogen-bond donors (Lipinski definition) is 1. The Morgan fingerprint density at radius 3 is 2.52 bits per heavy atom. The molecule has 1 amide bonds. The van der Waals surface area contributed by atoms with Gasteiger partial charge < -0.3 is 15.1 Å². The fourth-order valence-electron chi connectivity index (χ4n) is 3.51. The van der Waals surface area contributed by atoms with Crippen LogP contribution in [0.25, 0.3) is 5.69 Å². The zero-order chi connectivity index (χ0) is 20.4. The minimum Gasteiger partial charge on any atom is -0.361 e. The van der Waals surface area contributed by atoms with Gasteiger partial charge in [-0.15, -0.1) is 0 Å². The predicted octanol–water partition coefficient (Wildman–Crippen LogP) is 2.89. The van der Waals surface area contributed by atoms with Gasteiger partial charge in [0, 0.05) is 27.2 Å². The van der Waals surface area contributed by atoms with Gasteiger partial charge >= 0.3 is 0 Å². The van der Waals surface area contributed by atoms with Gasteiger partial charge in [0.25, 0.3) is 5.91 Å². The summed E-state index contributed by atoms with van der Waals surface area (Å²) in [6, 6.07) is 9.75. The zero-order valence-corrected chi connectivity index (χ0v) is 17.0. The second-order valence-corrected chi connectivity index (χ2v) is 7.34. The first kappa shape index (κ1) is 18.9. The SMILES string of the molecule is Cc1c(C(=O)Nc2cnc(N3CCCC3)nc2N(C)C)cnn1-c1ccccc1. The van der Waals surface area contributed by atoms with E-state index < -0.39 is 0 Å². The summed E-state index contributed by atoms with van der Waals surface area (Å²) in [4.78, 5) is 26.2. The summed E-state index contributed by atoms with van der Waals surface area (Å²) >= 11 is 0. The molecule has 2 aromatic heterocycles. The highest BCUT2D eigenvalue weighted by Crippen LogP contribution is 2.26. The highest BCUT2D eigenvalue weighted by atomic mass is 16.1. The lowest BCUT2D eigenvalue weighted by Gasteiger charge is -2.21. The van der Waals surface area contributed by atoms with E-state index in [0.29, 0.717) is 23.0 Å². The average molecular weight is 391 g/mol. The number of carbonyl (C=O) groups is 1. The van der Waals surface area contributed by atoms with Gasteiger partial charge in [-0.3, -0.25) is 4.79 Å². The van der Waals surface area contributed by atoms with Crippen molar-refractivity contribution >= 4 is 23.4 Å².